The van der Waals surface area contributed by atoms with Crippen LogP contribution in [0.1, 0.15) is 100 Å². The molecule has 3 aliphatic carbocycles. The first kappa shape index (κ1) is 31.1. The second-order valence-corrected chi connectivity index (χ2v) is 14.9. The molecule has 244 valence electrons. The molecule has 7 atom stereocenters. The van der Waals surface area contributed by atoms with Gasteiger partial charge in [0.25, 0.3) is 0 Å². The number of piperidine rings is 1. The minimum absolute atomic E-state index is 0.0198. The van der Waals surface area contributed by atoms with Crippen molar-refractivity contribution in [1.29, 1.82) is 0 Å². The van der Waals surface area contributed by atoms with Gasteiger partial charge in [0, 0.05) is 43.0 Å². The van der Waals surface area contributed by atoms with Crippen LogP contribution in [-0.2, 0) is 23.1 Å². The van der Waals surface area contributed by atoms with Crippen molar-refractivity contribution < 1.29 is 19.4 Å². The number of unbranched alkanes of at least 4 members (excludes halogenated alkanes) is 7. The van der Waals surface area contributed by atoms with E-state index in [1.807, 2.05) is 7.05 Å². The number of hydrogen-bond acceptors (Lipinski definition) is 5. The number of benzene rings is 2. The zero-order chi connectivity index (χ0) is 31.0. The fraction of sp³-hybridized carbons (Fsp3) is 0.667. The monoisotopic (exact) mass is 614 g/mol. The van der Waals surface area contributed by atoms with Crippen LogP contribution >= 0.6 is 0 Å². The number of likely N-dealkylation sites (N-methyl/N-ethyl adjacent to an activating group) is 1. The van der Waals surface area contributed by atoms with Gasteiger partial charge in [0.2, 0.25) is 5.91 Å². The number of carbonyl (C=O) groups is 1. The first-order valence-electron chi connectivity index (χ1n) is 18.1. The Labute approximate surface area is 270 Å². The van der Waals surface area contributed by atoms with Gasteiger partial charge in [0.1, 0.15) is 6.10 Å². The second-order valence-electron chi connectivity index (χ2n) is 14.9. The minimum Gasteiger partial charge on any atom is -0.493 e. The van der Waals surface area contributed by atoms with E-state index >= 15 is 0 Å². The van der Waals surface area contributed by atoms with Crippen LogP contribution < -0.4 is 9.47 Å². The molecule has 2 heterocycles. The van der Waals surface area contributed by atoms with Crippen molar-refractivity contribution in [2.45, 2.75) is 126 Å². The van der Waals surface area contributed by atoms with E-state index in [0.29, 0.717) is 24.3 Å². The van der Waals surface area contributed by atoms with Gasteiger partial charge in [-0.3, -0.25) is 9.69 Å². The Morgan fingerprint density at radius 2 is 1.76 bits per heavy atom. The highest BCUT2D eigenvalue weighted by molar-refractivity contribution is 5.76. The highest BCUT2D eigenvalue weighted by Gasteiger charge is 2.66. The van der Waals surface area contributed by atoms with Crippen LogP contribution in [-0.4, -0.2) is 72.4 Å². The molecule has 2 aromatic rings. The molecule has 1 spiro atoms. The van der Waals surface area contributed by atoms with Crippen LogP contribution in [0.4, 0.5) is 0 Å². The standard InChI is InChI=1S/C39H54N2O4/c1-40(35(43)17-13-8-6-4-3-5-7-10-14-27-15-11-9-12-16-27)31-20-19-30-32-24-28-18-21-34(44-2)37-36(28)39(30,38(31)45-37)22-23-41(32)26-29-25-33(29)42/h9,11-12,15-16,18,21,29-33,38,42H,3-8,10,13-14,17,19-20,22-26H2,1-2H3/t29?,30-,31+,32+,33?,38-,39-/m0/s1. The lowest BCUT2D eigenvalue weighted by Crippen LogP contribution is -2.69. The third-order valence-electron chi connectivity index (χ3n) is 12.3. The quantitative estimate of drug-likeness (QED) is 0.227. The zero-order valence-corrected chi connectivity index (χ0v) is 27.6. The van der Waals surface area contributed by atoms with Crippen molar-refractivity contribution in [2.75, 3.05) is 27.2 Å². The highest BCUT2D eigenvalue weighted by Crippen LogP contribution is 2.64. The number of carbonyl (C=O) groups excluding carboxylic acids is 1. The Balaban J connectivity index is 0.927. The van der Waals surface area contributed by atoms with Gasteiger partial charge in [-0.2, -0.15) is 0 Å². The van der Waals surface area contributed by atoms with Crippen LogP contribution in [0.3, 0.4) is 0 Å². The number of aliphatic hydroxyl groups is 1. The molecule has 2 aliphatic heterocycles. The van der Waals surface area contributed by atoms with Crippen LogP contribution in [0.15, 0.2) is 42.5 Å². The van der Waals surface area contributed by atoms with E-state index in [1.165, 1.54) is 61.6 Å². The van der Waals surface area contributed by atoms with Gasteiger partial charge in [-0.1, -0.05) is 74.9 Å². The molecule has 7 rings (SSSR count). The van der Waals surface area contributed by atoms with E-state index in [1.54, 1.807) is 7.11 Å². The molecule has 5 aliphatic rings. The summed E-state index contributed by atoms with van der Waals surface area (Å²) in [5.74, 6) is 3.01. The molecular weight excluding hydrogens is 560 g/mol. The molecule has 2 saturated carbocycles. The molecule has 0 aromatic heterocycles. The van der Waals surface area contributed by atoms with E-state index < -0.39 is 0 Å². The van der Waals surface area contributed by atoms with Crippen molar-refractivity contribution in [3.8, 4) is 11.5 Å². The van der Waals surface area contributed by atoms with Crippen molar-refractivity contribution in [3.63, 3.8) is 0 Å². The first-order chi connectivity index (χ1) is 22.0. The molecule has 6 heteroatoms. The molecule has 2 bridgehead atoms. The summed E-state index contributed by atoms with van der Waals surface area (Å²) >= 11 is 0. The van der Waals surface area contributed by atoms with Gasteiger partial charge in [-0.25, -0.2) is 0 Å². The number of aryl methyl sites for hydroxylation is 1. The van der Waals surface area contributed by atoms with Crippen molar-refractivity contribution in [2.24, 2.45) is 11.8 Å². The van der Waals surface area contributed by atoms with E-state index in [0.717, 1.165) is 69.5 Å². The smallest absolute Gasteiger partial charge is 0.222 e. The summed E-state index contributed by atoms with van der Waals surface area (Å²) in [5, 5.41) is 10.1. The van der Waals surface area contributed by atoms with Crippen LogP contribution in [0.25, 0.3) is 0 Å². The topological polar surface area (TPSA) is 62.2 Å². The summed E-state index contributed by atoms with van der Waals surface area (Å²) in [6.07, 6.45) is 16.7. The largest absolute Gasteiger partial charge is 0.493 e. The number of methoxy groups -OCH3 is 1. The maximum Gasteiger partial charge on any atom is 0.222 e. The van der Waals surface area contributed by atoms with Crippen LogP contribution in [0, 0.1) is 11.8 Å². The predicted octanol–water partition coefficient (Wildman–Crippen LogP) is 6.70. The number of aliphatic hydroxyl groups excluding tert-OH is 1. The number of hydrogen-bond donors (Lipinski definition) is 1. The van der Waals surface area contributed by atoms with Crippen LogP contribution in [0.5, 0.6) is 11.5 Å². The number of rotatable bonds is 15. The van der Waals surface area contributed by atoms with E-state index in [-0.39, 0.29) is 29.6 Å². The summed E-state index contributed by atoms with van der Waals surface area (Å²) in [4.78, 5) is 18.4. The van der Waals surface area contributed by atoms with Gasteiger partial charge >= 0.3 is 0 Å². The fourth-order valence-corrected chi connectivity index (χ4v) is 9.77. The Kier molecular flexibility index (Phi) is 9.16. The van der Waals surface area contributed by atoms with Crippen molar-refractivity contribution in [3.05, 3.63) is 59.2 Å². The Bertz CT molecular complexity index is 1330. The summed E-state index contributed by atoms with van der Waals surface area (Å²) in [6, 6.07) is 15.7. The minimum atomic E-state index is -0.110. The molecule has 1 amide bonds. The van der Waals surface area contributed by atoms with Gasteiger partial charge < -0.3 is 19.5 Å². The lowest BCUT2D eigenvalue weighted by molar-refractivity contribution is -0.140. The van der Waals surface area contributed by atoms with Gasteiger partial charge in [0.15, 0.2) is 11.5 Å². The van der Waals surface area contributed by atoms with Crippen molar-refractivity contribution >= 4 is 5.91 Å². The van der Waals surface area contributed by atoms with Crippen molar-refractivity contribution in [1.82, 2.24) is 9.80 Å². The predicted molar refractivity (Wildman–Crippen MR) is 178 cm³/mol. The fourth-order valence-electron chi connectivity index (χ4n) is 9.77. The molecule has 6 nitrogen and oxygen atoms in total. The van der Waals surface area contributed by atoms with Gasteiger partial charge in [-0.05, 0) is 81.0 Å². The third-order valence-corrected chi connectivity index (χ3v) is 12.3. The molecule has 45 heavy (non-hydrogen) atoms. The summed E-state index contributed by atoms with van der Waals surface area (Å²) in [6.45, 7) is 2.05. The van der Waals surface area contributed by atoms with E-state index in [9.17, 15) is 9.90 Å². The molecule has 3 fully saturated rings. The number of likely N-dealkylation sites (tertiary alicyclic amines) is 1. The number of ether oxygens (including phenoxy) is 2. The molecule has 2 aromatic carbocycles. The maximum atomic E-state index is 13.6. The Morgan fingerprint density at radius 3 is 2.49 bits per heavy atom. The third kappa shape index (κ3) is 5.91. The molecular formula is C39H54N2O4. The van der Waals surface area contributed by atoms with Gasteiger partial charge in [-0.15, -0.1) is 0 Å². The number of nitrogens with zero attached hydrogens (tertiary/aromatic N) is 2. The SMILES string of the molecule is COc1ccc2c3c1O[C@H]1[C@H](N(C)C(=O)CCCCCCCCCCc4ccccc4)CC[C@H]4[C@@H](C2)N(CC2CC2O)CC[C@@]341. The average Bonchev–Trinajstić information content (AvgIpc) is 3.64. The average molecular weight is 615 g/mol. The Morgan fingerprint density at radius 1 is 1.02 bits per heavy atom. The lowest BCUT2D eigenvalue weighted by atomic mass is 9.51. The maximum absolute atomic E-state index is 13.6. The normalized spacial score (nSPS) is 30.8. The Hall–Kier alpha value is -2.57. The highest BCUT2D eigenvalue weighted by atomic mass is 16.5. The first-order valence-corrected chi connectivity index (χ1v) is 18.1. The molecule has 2 unspecified atom stereocenters. The second kappa shape index (κ2) is 13.3. The molecule has 0 radical (unpaired) electrons. The van der Waals surface area contributed by atoms with E-state index in [2.05, 4.69) is 52.3 Å². The van der Waals surface area contributed by atoms with E-state index in [4.69, 9.17) is 9.47 Å². The number of amides is 1. The van der Waals surface area contributed by atoms with Crippen LogP contribution in [0.2, 0.25) is 0 Å². The van der Waals surface area contributed by atoms with Gasteiger partial charge in [0.05, 0.1) is 19.3 Å². The lowest BCUT2D eigenvalue weighted by Gasteiger charge is -2.60. The zero-order valence-electron chi connectivity index (χ0n) is 27.6. The molecule has 1 N–H and O–H groups in total. The summed E-state index contributed by atoms with van der Waals surface area (Å²) in [7, 11) is 3.78. The summed E-state index contributed by atoms with van der Waals surface area (Å²) in [5.41, 5.74) is 4.19. The summed E-state index contributed by atoms with van der Waals surface area (Å²) < 4.78 is 12.8. The molecule has 1 saturated heterocycles.